The van der Waals surface area contributed by atoms with Gasteiger partial charge in [-0.05, 0) is 82.4 Å². The zero-order valence-corrected chi connectivity index (χ0v) is 20.6. The van der Waals surface area contributed by atoms with E-state index in [1.54, 1.807) is 6.33 Å². The van der Waals surface area contributed by atoms with Gasteiger partial charge in [0.1, 0.15) is 17.5 Å². The Morgan fingerprint density at radius 1 is 0.914 bits per heavy atom. The SMILES string of the molecule is Cc1nc2ncnc(-c3ccc4c(c3)CCC4)c2nc1C.c1nn(C2CC2)cc1[C@H]1CCCCO1. The molecule has 1 saturated carbocycles. The molecule has 2 fully saturated rings. The molecule has 0 unspecified atom stereocenters. The van der Waals surface area contributed by atoms with Crippen molar-refractivity contribution in [3.05, 3.63) is 65.0 Å². The number of aryl methyl sites for hydroxylation is 4. The summed E-state index contributed by atoms with van der Waals surface area (Å²) in [6.07, 6.45) is 15.9. The molecule has 0 spiro atoms. The fourth-order valence-corrected chi connectivity index (χ4v) is 5.03. The lowest BCUT2D eigenvalue weighted by Crippen LogP contribution is -2.10. The molecule has 180 valence electrons. The topological polar surface area (TPSA) is 78.6 Å². The molecule has 4 aromatic rings. The van der Waals surface area contributed by atoms with E-state index in [1.165, 1.54) is 55.2 Å². The molecule has 1 saturated heterocycles. The standard InChI is InChI=1S/C17H16N4.C11H16N2O/c1-10-11(2)21-17-16(20-10)15(18-9-19-17)14-7-6-12-4-3-5-13(12)8-14;1-2-6-14-11(3-1)9-7-12-13(8-9)10-4-5-10/h6-9H,3-5H2,1-2H3;7-8,10-11H,1-6H2/t;11-/m.1/s1. The van der Waals surface area contributed by atoms with Gasteiger partial charge >= 0.3 is 0 Å². The average molecular weight is 469 g/mol. The summed E-state index contributed by atoms with van der Waals surface area (Å²) in [5.41, 5.74) is 9.48. The molecule has 7 heteroatoms. The normalized spacial score (nSPS) is 19.3. The summed E-state index contributed by atoms with van der Waals surface area (Å²) in [6, 6.07) is 7.30. The van der Waals surface area contributed by atoms with Crippen LogP contribution in [0, 0.1) is 13.8 Å². The Bertz CT molecular complexity index is 1350. The van der Waals surface area contributed by atoms with Gasteiger partial charge in [0.05, 0.1) is 29.7 Å². The quantitative estimate of drug-likeness (QED) is 0.386. The Kier molecular flexibility index (Phi) is 6.02. The van der Waals surface area contributed by atoms with Crippen LogP contribution >= 0.6 is 0 Å². The molecule has 4 heterocycles. The van der Waals surface area contributed by atoms with Crippen LogP contribution in [0.5, 0.6) is 0 Å². The summed E-state index contributed by atoms with van der Waals surface area (Å²) in [4.78, 5) is 17.9. The molecule has 0 N–H and O–H groups in total. The van der Waals surface area contributed by atoms with E-state index in [0.717, 1.165) is 47.6 Å². The molecule has 1 atom stereocenters. The summed E-state index contributed by atoms with van der Waals surface area (Å²) < 4.78 is 7.83. The monoisotopic (exact) mass is 468 g/mol. The van der Waals surface area contributed by atoms with Crippen LogP contribution in [-0.4, -0.2) is 36.3 Å². The molecule has 2 aliphatic carbocycles. The number of hydrogen-bond acceptors (Lipinski definition) is 6. The van der Waals surface area contributed by atoms with Crippen LogP contribution < -0.4 is 0 Å². The van der Waals surface area contributed by atoms with E-state index in [4.69, 9.17) is 4.74 Å². The minimum Gasteiger partial charge on any atom is -0.373 e. The molecule has 0 amide bonds. The molecule has 7 nitrogen and oxygen atoms in total. The Balaban J connectivity index is 0.000000141. The molecule has 0 radical (unpaired) electrons. The Hall–Kier alpha value is -3.19. The maximum atomic E-state index is 5.72. The number of benzene rings is 1. The van der Waals surface area contributed by atoms with Crippen LogP contribution in [0.1, 0.15) is 78.7 Å². The third kappa shape index (κ3) is 4.69. The van der Waals surface area contributed by atoms with E-state index in [1.807, 2.05) is 20.0 Å². The second kappa shape index (κ2) is 9.46. The van der Waals surface area contributed by atoms with Crippen molar-refractivity contribution in [3.63, 3.8) is 0 Å². The Labute approximate surface area is 206 Å². The van der Waals surface area contributed by atoms with Gasteiger partial charge in [-0.15, -0.1) is 0 Å². The lowest BCUT2D eigenvalue weighted by Gasteiger charge is -2.21. The molecular weight excluding hydrogens is 436 g/mol. The number of rotatable bonds is 3. The van der Waals surface area contributed by atoms with Gasteiger partial charge in [-0.3, -0.25) is 4.68 Å². The fraction of sp³-hybridized carbons (Fsp3) is 0.464. The van der Waals surface area contributed by atoms with Crippen molar-refractivity contribution in [1.29, 1.82) is 0 Å². The van der Waals surface area contributed by atoms with Gasteiger partial charge in [-0.25, -0.2) is 19.9 Å². The average Bonchev–Trinajstić information content (AvgIpc) is 3.42. The fourth-order valence-electron chi connectivity index (χ4n) is 5.03. The van der Waals surface area contributed by atoms with Crippen LogP contribution in [-0.2, 0) is 17.6 Å². The summed E-state index contributed by atoms with van der Waals surface area (Å²) in [5, 5.41) is 4.39. The van der Waals surface area contributed by atoms with Crippen molar-refractivity contribution in [1.82, 2.24) is 29.7 Å². The minimum atomic E-state index is 0.316. The summed E-state index contributed by atoms with van der Waals surface area (Å²) in [7, 11) is 0. The first kappa shape index (κ1) is 22.3. The number of aromatic nitrogens is 6. The van der Waals surface area contributed by atoms with E-state index in [0.29, 0.717) is 17.8 Å². The summed E-state index contributed by atoms with van der Waals surface area (Å²) in [5.74, 6) is 0. The van der Waals surface area contributed by atoms with Crippen molar-refractivity contribution < 1.29 is 4.74 Å². The number of fused-ring (bicyclic) bond motifs is 2. The van der Waals surface area contributed by atoms with Crippen molar-refractivity contribution in [2.45, 2.75) is 77.4 Å². The number of ether oxygens (including phenoxy) is 1. The van der Waals surface area contributed by atoms with Crippen molar-refractivity contribution in [3.8, 4) is 11.3 Å². The smallest absolute Gasteiger partial charge is 0.182 e. The highest BCUT2D eigenvalue weighted by atomic mass is 16.5. The van der Waals surface area contributed by atoms with Crippen molar-refractivity contribution in [2.24, 2.45) is 0 Å². The minimum absolute atomic E-state index is 0.316. The van der Waals surface area contributed by atoms with Gasteiger partial charge in [0, 0.05) is 23.9 Å². The Morgan fingerprint density at radius 2 is 1.77 bits per heavy atom. The summed E-state index contributed by atoms with van der Waals surface area (Å²) in [6.45, 7) is 4.85. The first-order valence-electron chi connectivity index (χ1n) is 12.9. The van der Waals surface area contributed by atoms with E-state index in [-0.39, 0.29) is 0 Å². The molecule has 7 rings (SSSR count). The molecule has 0 bridgehead atoms. The summed E-state index contributed by atoms with van der Waals surface area (Å²) >= 11 is 0. The van der Waals surface area contributed by atoms with E-state index < -0.39 is 0 Å². The van der Waals surface area contributed by atoms with Gasteiger partial charge in [0.15, 0.2) is 5.65 Å². The molecule has 1 aromatic carbocycles. The maximum Gasteiger partial charge on any atom is 0.182 e. The van der Waals surface area contributed by atoms with Crippen LogP contribution in [0.2, 0.25) is 0 Å². The van der Waals surface area contributed by atoms with Crippen LogP contribution in [0.25, 0.3) is 22.4 Å². The van der Waals surface area contributed by atoms with Gasteiger partial charge in [-0.2, -0.15) is 5.10 Å². The predicted octanol–water partition coefficient (Wildman–Crippen LogP) is 5.65. The lowest BCUT2D eigenvalue weighted by molar-refractivity contribution is 0.0149. The number of nitrogens with zero attached hydrogens (tertiary/aromatic N) is 6. The van der Waals surface area contributed by atoms with Gasteiger partial charge in [-0.1, -0.05) is 12.1 Å². The van der Waals surface area contributed by atoms with Crippen molar-refractivity contribution >= 4 is 11.2 Å². The zero-order chi connectivity index (χ0) is 23.8. The van der Waals surface area contributed by atoms with E-state index >= 15 is 0 Å². The van der Waals surface area contributed by atoms with E-state index in [9.17, 15) is 0 Å². The van der Waals surface area contributed by atoms with Gasteiger partial charge < -0.3 is 4.74 Å². The highest BCUT2D eigenvalue weighted by Crippen LogP contribution is 2.36. The van der Waals surface area contributed by atoms with Gasteiger partial charge in [0.25, 0.3) is 0 Å². The predicted molar refractivity (Wildman–Crippen MR) is 135 cm³/mol. The maximum absolute atomic E-state index is 5.72. The largest absolute Gasteiger partial charge is 0.373 e. The van der Waals surface area contributed by atoms with Crippen LogP contribution in [0.4, 0.5) is 0 Å². The van der Waals surface area contributed by atoms with Crippen LogP contribution in [0.15, 0.2) is 36.9 Å². The van der Waals surface area contributed by atoms with Crippen LogP contribution in [0.3, 0.4) is 0 Å². The Morgan fingerprint density at radius 3 is 2.60 bits per heavy atom. The van der Waals surface area contributed by atoms with Gasteiger partial charge in [0.2, 0.25) is 0 Å². The van der Waals surface area contributed by atoms with E-state index in [2.05, 4.69) is 54.1 Å². The molecule has 35 heavy (non-hydrogen) atoms. The second-order valence-electron chi connectivity index (χ2n) is 9.97. The molecule has 3 aliphatic rings. The lowest BCUT2D eigenvalue weighted by atomic mass is 10.0. The second-order valence-corrected chi connectivity index (χ2v) is 9.97. The number of hydrogen-bond donors (Lipinski definition) is 0. The zero-order valence-electron chi connectivity index (χ0n) is 20.6. The molecule has 3 aromatic heterocycles. The molecular formula is C28H32N6O. The first-order valence-corrected chi connectivity index (χ1v) is 12.9. The first-order chi connectivity index (χ1) is 17.2. The van der Waals surface area contributed by atoms with Crippen molar-refractivity contribution in [2.75, 3.05) is 6.61 Å². The third-order valence-electron chi connectivity index (χ3n) is 7.35. The highest BCUT2D eigenvalue weighted by Gasteiger charge is 2.26. The molecule has 1 aliphatic heterocycles. The highest BCUT2D eigenvalue weighted by molar-refractivity contribution is 5.86. The third-order valence-corrected chi connectivity index (χ3v) is 7.35.